The number of nitrogens with zero attached hydrogens (tertiary/aromatic N) is 1. The van der Waals surface area contributed by atoms with Crippen molar-refractivity contribution < 1.29 is 19.1 Å². The lowest BCUT2D eigenvalue weighted by Crippen LogP contribution is -2.11. The molecule has 0 radical (unpaired) electrons. The minimum atomic E-state index is -0.686. The van der Waals surface area contributed by atoms with Crippen LogP contribution in [0.5, 0.6) is 0 Å². The summed E-state index contributed by atoms with van der Waals surface area (Å²) in [5.41, 5.74) is 0.914. The van der Waals surface area contributed by atoms with E-state index in [1.807, 2.05) is 0 Å². The van der Waals surface area contributed by atoms with E-state index in [1.54, 1.807) is 51.1 Å². The molecule has 0 aliphatic rings. The summed E-state index contributed by atoms with van der Waals surface area (Å²) in [4.78, 5) is 23.1. The summed E-state index contributed by atoms with van der Waals surface area (Å²) in [6.07, 6.45) is 1.08. The van der Waals surface area contributed by atoms with E-state index in [2.05, 4.69) is 5.32 Å². The van der Waals surface area contributed by atoms with Gasteiger partial charge in [-0.2, -0.15) is 5.26 Å². The maximum Gasteiger partial charge on any atom is 0.350 e. The van der Waals surface area contributed by atoms with Crippen molar-refractivity contribution in [1.82, 2.24) is 0 Å². The van der Waals surface area contributed by atoms with Crippen molar-refractivity contribution in [1.29, 1.82) is 5.26 Å². The van der Waals surface area contributed by atoms with E-state index in [0.29, 0.717) is 11.3 Å². The average Bonchev–Trinajstić information content (AvgIpc) is 2.48. The standard InChI is InChI=1S/C16H18N2O4/c1-4-21-15(19)13(9-17)10-18-14-7-5-12(6-8-14)16(20)22-11(2)3/h5-8,10-11,18H,4H2,1-3H3/b13-10+. The van der Waals surface area contributed by atoms with Crippen molar-refractivity contribution in [3.05, 3.63) is 41.6 Å². The number of hydrogen-bond donors (Lipinski definition) is 1. The molecule has 6 nitrogen and oxygen atoms in total. The zero-order valence-electron chi connectivity index (χ0n) is 12.8. The van der Waals surface area contributed by atoms with Gasteiger partial charge in [0.2, 0.25) is 0 Å². The van der Waals surface area contributed by atoms with Crippen LogP contribution in [0, 0.1) is 11.3 Å². The Kier molecular flexibility index (Phi) is 6.64. The first-order valence-corrected chi connectivity index (χ1v) is 6.83. The molecule has 0 spiro atoms. The molecule has 0 bridgehead atoms. The lowest BCUT2D eigenvalue weighted by molar-refractivity contribution is -0.138. The van der Waals surface area contributed by atoms with E-state index < -0.39 is 11.9 Å². The van der Waals surface area contributed by atoms with Crippen molar-refractivity contribution in [3.63, 3.8) is 0 Å². The Balaban J connectivity index is 2.74. The molecule has 0 saturated heterocycles. The van der Waals surface area contributed by atoms with E-state index in [0.717, 1.165) is 0 Å². The second kappa shape index (κ2) is 8.47. The van der Waals surface area contributed by atoms with Crippen LogP contribution in [0.4, 0.5) is 5.69 Å². The molecular weight excluding hydrogens is 284 g/mol. The number of carbonyl (C=O) groups excluding carboxylic acids is 2. The molecule has 0 heterocycles. The number of rotatable bonds is 6. The van der Waals surface area contributed by atoms with E-state index in [9.17, 15) is 9.59 Å². The molecule has 0 saturated carbocycles. The van der Waals surface area contributed by atoms with Crippen molar-refractivity contribution in [2.75, 3.05) is 11.9 Å². The van der Waals surface area contributed by atoms with Gasteiger partial charge in [-0.25, -0.2) is 9.59 Å². The Hall–Kier alpha value is -2.81. The molecule has 0 aliphatic carbocycles. The molecule has 0 unspecified atom stereocenters. The number of hydrogen-bond acceptors (Lipinski definition) is 6. The van der Waals surface area contributed by atoms with Gasteiger partial charge in [-0.3, -0.25) is 0 Å². The van der Waals surface area contributed by atoms with Gasteiger partial charge in [-0.15, -0.1) is 0 Å². The summed E-state index contributed by atoms with van der Waals surface area (Å²) in [6, 6.07) is 8.24. The van der Waals surface area contributed by atoms with Crippen LogP contribution in [0.15, 0.2) is 36.0 Å². The topological polar surface area (TPSA) is 88.4 Å². The third kappa shape index (κ3) is 5.29. The van der Waals surface area contributed by atoms with Gasteiger partial charge in [0.1, 0.15) is 6.07 Å². The van der Waals surface area contributed by atoms with Crippen molar-refractivity contribution in [2.45, 2.75) is 26.9 Å². The second-order valence-electron chi connectivity index (χ2n) is 4.57. The molecule has 6 heteroatoms. The van der Waals surface area contributed by atoms with Crippen molar-refractivity contribution >= 4 is 17.6 Å². The van der Waals surface area contributed by atoms with Crippen LogP contribution in [0.25, 0.3) is 0 Å². The van der Waals surface area contributed by atoms with Crippen LogP contribution in [-0.2, 0) is 14.3 Å². The number of carbonyl (C=O) groups is 2. The van der Waals surface area contributed by atoms with E-state index in [-0.39, 0.29) is 18.3 Å². The number of esters is 2. The maximum atomic E-state index is 11.7. The molecule has 1 N–H and O–H groups in total. The summed E-state index contributed by atoms with van der Waals surface area (Å²) in [5.74, 6) is -1.09. The predicted molar refractivity (Wildman–Crippen MR) is 80.9 cm³/mol. The van der Waals surface area contributed by atoms with E-state index >= 15 is 0 Å². The summed E-state index contributed by atoms with van der Waals surface area (Å²) in [6.45, 7) is 5.41. The van der Waals surface area contributed by atoms with E-state index in [1.165, 1.54) is 6.20 Å². The van der Waals surface area contributed by atoms with Crippen LogP contribution in [0.1, 0.15) is 31.1 Å². The normalized spacial score (nSPS) is 10.8. The molecule has 0 aromatic heterocycles. The third-order valence-electron chi connectivity index (χ3n) is 2.46. The number of anilines is 1. The Morgan fingerprint density at radius 2 is 1.95 bits per heavy atom. The van der Waals surface area contributed by atoms with E-state index in [4.69, 9.17) is 14.7 Å². The predicted octanol–water partition coefficient (Wildman–Crippen LogP) is 2.63. The maximum absolute atomic E-state index is 11.7. The molecule has 1 aromatic carbocycles. The Bertz CT molecular complexity index is 598. The fraction of sp³-hybridized carbons (Fsp3) is 0.312. The number of nitrogens with one attached hydrogen (secondary N) is 1. The average molecular weight is 302 g/mol. The fourth-order valence-corrected chi connectivity index (χ4v) is 1.49. The molecule has 0 fully saturated rings. The summed E-state index contributed by atoms with van der Waals surface area (Å²) < 4.78 is 9.81. The quantitative estimate of drug-likeness (QED) is 0.493. The molecule has 0 amide bonds. The van der Waals surface area contributed by atoms with Crippen molar-refractivity contribution in [2.24, 2.45) is 0 Å². The van der Waals surface area contributed by atoms with Crippen LogP contribution < -0.4 is 5.32 Å². The number of benzene rings is 1. The first-order chi connectivity index (χ1) is 10.5. The molecule has 1 aromatic rings. The van der Waals surface area contributed by atoms with Crippen LogP contribution in [0.3, 0.4) is 0 Å². The van der Waals surface area contributed by atoms with Crippen molar-refractivity contribution in [3.8, 4) is 6.07 Å². The number of ether oxygens (including phenoxy) is 2. The first kappa shape index (κ1) is 17.2. The van der Waals surface area contributed by atoms with Gasteiger partial charge in [0.05, 0.1) is 18.3 Å². The minimum absolute atomic E-state index is 0.134. The highest BCUT2D eigenvalue weighted by Gasteiger charge is 2.10. The van der Waals surface area contributed by atoms with Crippen LogP contribution in [0.2, 0.25) is 0 Å². The van der Waals surface area contributed by atoms with Gasteiger partial charge in [0.15, 0.2) is 5.57 Å². The highest BCUT2D eigenvalue weighted by Crippen LogP contribution is 2.12. The SMILES string of the molecule is CCOC(=O)/C(C#N)=C/Nc1ccc(C(=O)OC(C)C)cc1. The van der Waals surface area contributed by atoms with Gasteiger partial charge in [0.25, 0.3) is 0 Å². The highest BCUT2D eigenvalue weighted by molar-refractivity contribution is 5.93. The molecule has 22 heavy (non-hydrogen) atoms. The molecular formula is C16H18N2O4. The Labute approximate surface area is 129 Å². The van der Waals surface area contributed by atoms with Crippen LogP contribution in [-0.4, -0.2) is 24.6 Å². The van der Waals surface area contributed by atoms with Gasteiger partial charge in [-0.1, -0.05) is 0 Å². The van der Waals surface area contributed by atoms with Gasteiger partial charge >= 0.3 is 11.9 Å². The smallest absolute Gasteiger partial charge is 0.350 e. The largest absolute Gasteiger partial charge is 0.462 e. The molecule has 1 rings (SSSR count). The first-order valence-electron chi connectivity index (χ1n) is 6.83. The molecule has 116 valence electrons. The molecule has 0 atom stereocenters. The third-order valence-corrected chi connectivity index (χ3v) is 2.46. The van der Waals surface area contributed by atoms with Gasteiger partial charge in [-0.05, 0) is 45.0 Å². The highest BCUT2D eigenvalue weighted by atomic mass is 16.5. The molecule has 0 aliphatic heterocycles. The minimum Gasteiger partial charge on any atom is -0.462 e. The van der Waals surface area contributed by atoms with Gasteiger partial charge < -0.3 is 14.8 Å². The second-order valence-corrected chi connectivity index (χ2v) is 4.57. The van der Waals surface area contributed by atoms with Crippen LogP contribution >= 0.6 is 0 Å². The lowest BCUT2D eigenvalue weighted by Gasteiger charge is -2.08. The number of nitriles is 1. The fourth-order valence-electron chi connectivity index (χ4n) is 1.49. The van der Waals surface area contributed by atoms with Gasteiger partial charge in [0, 0.05) is 11.9 Å². The lowest BCUT2D eigenvalue weighted by atomic mass is 10.2. The zero-order valence-corrected chi connectivity index (χ0v) is 12.8. The summed E-state index contributed by atoms with van der Waals surface area (Å²) in [5, 5.41) is 11.7. The monoisotopic (exact) mass is 302 g/mol. The Morgan fingerprint density at radius 3 is 2.45 bits per heavy atom. The zero-order chi connectivity index (χ0) is 16.5. The summed E-state index contributed by atoms with van der Waals surface area (Å²) in [7, 11) is 0. The Morgan fingerprint density at radius 1 is 1.32 bits per heavy atom. The summed E-state index contributed by atoms with van der Waals surface area (Å²) >= 11 is 0.